The average molecular weight is 243 g/mol. The van der Waals surface area contributed by atoms with Crippen LogP contribution in [0.3, 0.4) is 0 Å². The van der Waals surface area contributed by atoms with Crippen LogP contribution in [-0.2, 0) is 5.41 Å². The predicted octanol–water partition coefficient (Wildman–Crippen LogP) is 1.22. The third-order valence-corrected chi connectivity index (χ3v) is 3.86. The van der Waals surface area contributed by atoms with Gasteiger partial charge < -0.3 is 10.8 Å². The highest BCUT2D eigenvalue weighted by Crippen LogP contribution is 2.42. The maximum atomic E-state index is 9.52. The molecule has 0 unspecified atom stereocenters. The molecule has 1 aromatic carbocycles. The monoisotopic (exact) mass is 243 g/mol. The highest BCUT2D eigenvalue weighted by molar-refractivity contribution is 5.34. The van der Waals surface area contributed by atoms with Crippen molar-refractivity contribution >= 4 is 0 Å². The quantitative estimate of drug-likeness (QED) is 0.852. The first-order valence-electron chi connectivity index (χ1n) is 6.22. The summed E-state index contributed by atoms with van der Waals surface area (Å²) in [5, 5.41) is 13.9. The molecule has 2 aromatic rings. The lowest BCUT2D eigenvalue weighted by atomic mass is 9.63. The van der Waals surface area contributed by atoms with Crippen LogP contribution >= 0.6 is 0 Å². The van der Waals surface area contributed by atoms with Gasteiger partial charge in [0.25, 0.3) is 0 Å². The lowest BCUT2D eigenvalue weighted by Crippen LogP contribution is -2.49. The first-order valence-corrected chi connectivity index (χ1v) is 6.22. The molecule has 4 heteroatoms. The number of benzene rings is 1. The van der Waals surface area contributed by atoms with Crippen LogP contribution in [-0.4, -0.2) is 27.5 Å². The van der Waals surface area contributed by atoms with Crippen molar-refractivity contribution in [3.63, 3.8) is 0 Å². The largest absolute Gasteiger partial charge is 0.393 e. The predicted molar refractivity (Wildman–Crippen MR) is 69.5 cm³/mol. The van der Waals surface area contributed by atoms with E-state index in [0.717, 1.165) is 24.1 Å². The van der Waals surface area contributed by atoms with Crippen molar-refractivity contribution in [3.05, 3.63) is 48.3 Å². The molecule has 4 nitrogen and oxygen atoms in total. The zero-order valence-electron chi connectivity index (χ0n) is 10.2. The summed E-state index contributed by atoms with van der Waals surface area (Å²) in [4.78, 5) is 0. The molecule has 0 spiro atoms. The van der Waals surface area contributed by atoms with E-state index in [1.54, 1.807) is 0 Å². The molecule has 0 atom stereocenters. The molecule has 0 saturated heterocycles. The zero-order chi connectivity index (χ0) is 12.6. The molecule has 3 rings (SSSR count). The van der Waals surface area contributed by atoms with Crippen LogP contribution < -0.4 is 5.73 Å². The Balaban J connectivity index is 1.90. The van der Waals surface area contributed by atoms with Crippen molar-refractivity contribution in [2.75, 3.05) is 6.54 Å². The Labute approximate surface area is 106 Å². The number of aliphatic hydroxyl groups excluding tert-OH is 1. The number of hydrogen-bond donors (Lipinski definition) is 2. The van der Waals surface area contributed by atoms with Crippen LogP contribution in [0, 0.1) is 0 Å². The molecule has 0 radical (unpaired) electrons. The molecule has 1 fully saturated rings. The summed E-state index contributed by atoms with van der Waals surface area (Å²) in [7, 11) is 0. The summed E-state index contributed by atoms with van der Waals surface area (Å²) in [6.07, 6.45) is 5.15. The van der Waals surface area contributed by atoms with Gasteiger partial charge in [0.1, 0.15) is 0 Å². The standard InChI is InChI=1S/C14H17N3O/c15-10-14(6-13(18)7-14)11-8-16-17(9-11)12-4-2-1-3-5-12/h1-5,8-9,13,18H,6-7,10,15H2. The summed E-state index contributed by atoms with van der Waals surface area (Å²) in [6, 6.07) is 9.99. The molecule has 0 aliphatic heterocycles. The van der Waals surface area contributed by atoms with Crippen molar-refractivity contribution < 1.29 is 5.11 Å². The molecule has 3 N–H and O–H groups in total. The van der Waals surface area contributed by atoms with Crippen LogP contribution in [0.2, 0.25) is 0 Å². The van der Waals surface area contributed by atoms with E-state index in [-0.39, 0.29) is 11.5 Å². The molecular weight excluding hydrogens is 226 g/mol. The van der Waals surface area contributed by atoms with Crippen LogP contribution in [0.25, 0.3) is 5.69 Å². The van der Waals surface area contributed by atoms with E-state index in [0.29, 0.717) is 6.54 Å². The van der Waals surface area contributed by atoms with Gasteiger partial charge in [0.05, 0.1) is 18.0 Å². The van der Waals surface area contributed by atoms with Crippen LogP contribution in [0.15, 0.2) is 42.7 Å². The number of rotatable bonds is 3. The second-order valence-electron chi connectivity index (χ2n) is 5.06. The highest BCUT2D eigenvalue weighted by Gasteiger charge is 2.44. The SMILES string of the molecule is NCC1(c2cnn(-c3ccccc3)c2)CC(O)C1. The van der Waals surface area contributed by atoms with Crippen LogP contribution in [0.5, 0.6) is 0 Å². The summed E-state index contributed by atoms with van der Waals surface area (Å²) >= 11 is 0. The molecule has 94 valence electrons. The fraction of sp³-hybridized carbons (Fsp3) is 0.357. The highest BCUT2D eigenvalue weighted by atomic mass is 16.3. The van der Waals surface area contributed by atoms with Gasteiger partial charge in [-0.3, -0.25) is 0 Å². The van der Waals surface area contributed by atoms with Gasteiger partial charge in [0, 0.05) is 18.2 Å². The molecule has 1 aliphatic carbocycles. The fourth-order valence-electron chi connectivity index (χ4n) is 2.68. The van der Waals surface area contributed by atoms with Gasteiger partial charge >= 0.3 is 0 Å². The Morgan fingerprint density at radius 1 is 1.33 bits per heavy atom. The lowest BCUT2D eigenvalue weighted by Gasteiger charge is -2.44. The Bertz CT molecular complexity index is 529. The number of aromatic nitrogens is 2. The van der Waals surface area contributed by atoms with Gasteiger partial charge in [0.15, 0.2) is 0 Å². The van der Waals surface area contributed by atoms with Crippen LogP contribution in [0.1, 0.15) is 18.4 Å². The van der Waals surface area contributed by atoms with E-state index < -0.39 is 0 Å². The smallest absolute Gasteiger partial charge is 0.0645 e. The van der Waals surface area contributed by atoms with E-state index in [1.165, 1.54) is 0 Å². The lowest BCUT2D eigenvalue weighted by molar-refractivity contribution is 0.0221. The number of aliphatic hydroxyl groups is 1. The third kappa shape index (κ3) is 1.74. The number of para-hydroxylation sites is 1. The topological polar surface area (TPSA) is 64.1 Å². The Kier molecular flexibility index (Phi) is 2.69. The number of hydrogen-bond acceptors (Lipinski definition) is 3. The molecular formula is C14H17N3O. The van der Waals surface area contributed by atoms with E-state index in [9.17, 15) is 5.11 Å². The van der Waals surface area contributed by atoms with Crippen molar-refractivity contribution in [2.24, 2.45) is 5.73 Å². The summed E-state index contributed by atoms with van der Waals surface area (Å²) < 4.78 is 1.86. The summed E-state index contributed by atoms with van der Waals surface area (Å²) in [5.41, 5.74) is 7.95. The van der Waals surface area contributed by atoms with Crippen LogP contribution in [0.4, 0.5) is 0 Å². The molecule has 0 amide bonds. The van der Waals surface area contributed by atoms with Gasteiger partial charge in [-0.15, -0.1) is 0 Å². The molecule has 1 heterocycles. The van der Waals surface area contributed by atoms with E-state index in [1.807, 2.05) is 47.4 Å². The van der Waals surface area contributed by atoms with Crippen molar-refractivity contribution in [3.8, 4) is 5.69 Å². The fourth-order valence-corrected chi connectivity index (χ4v) is 2.68. The molecule has 1 aromatic heterocycles. The maximum absolute atomic E-state index is 9.52. The molecule has 1 aliphatic rings. The Hall–Kier alpha value is -1.65. The normalized spacial score (nSPS) is 26.9. The van der Waals surface area contributed by atoms with Gasteiger partial charge in [-0.05, 0) is 30.5 Å². The Morgan fingerprint density at radius 3 is 2.67 bits per heavy atom. The van der Waals surface area contributed by atoms with Gasteiger partial charge in [-0.1, -0.05) is 18.2 Å². The summed E-state index contributed by atoms with van der Waals surface area (Å²) in [5.74, 6) is 0. The third-order valence-electron chi connectivity index (χ3n) is 3.86. The van der Waals surface area contributed by atoms with Crippen molar-refractivity contribution in [1.82, 2.24) is 9.78 Å². The summed E-state index contributed by atoms with van der Waals surface area (Å²) in [6.45, 7) is 0.560. The average Bonchev–Trinajstić information content (AvgIpc) is 2.85. The van der Waals surface area contributed by atoms with E-state index >= 15 is 0 Å². The first kappa shape index (κ1) is 11.4. The minimum Gasteiger partial charge on any atom is -0.393 e. The molecule has 0 bridgehead atoms. The second-order valence-corrected chi connectivity index (χ2v) is 5.06. The minimum absolute atomic E-state index is 0.0769. The number of nitrogens with zero attached hydrogens (tertiary/aromatic N) is 2. The Morgan fingerprint density at radius 2 is 2.06 bits per heavy atom. The van der Waals surface area contributed by atoms with Crippen molar-refractivity contribution in [2.45, 2.75) is 24.4 Å². The minimum atomic E-state index is -0.214. The molecule has 1 saturated carbocycles. The number of nitrogens with two attached hydrogens (primary N) is 1. The van der Waals surface area contributed by atoms with E-state index in [4.69, 9.17) is 5.73 Å². The maximum Gasteiger partial charge on any atom is 0.0645 e. The van der Waals surface area contributed by atoms with Gasteiger partial charge in [-0.2, -0.15) is 5.10 Å². The van der Waals surface area contributed by atoms with Gasteiger partial charge in [0.2, 0.25) is 0 Å². The molecule has 18 heavy (non-hydrogen) atoms. The van der Waals surface area contributed by atoms with E-state index in [2.05, 4.69) is 5.10 Å². The zero-order valence-corrected chi connectivity index (χ0v) is 10.2. The first-order chi connectivity index (χ1) is 8.73. The van der Waals surface area contributed by atoms with Gasteiger partial charge in [-0.25, -0.2) is 4.68 Å². The second kappa shape index (κ2) is 4.23. The van der Waals surface area contributed by atoms with Crippen molar-refractivity contribution in [1.29, 1.82) is 0 Å².